The summed E-state index contributed by atoms with van der Waals surface area (Å²) in [5.74, 6) is 2.17. The lowest BCUT2D eigenvalue weighted by Gasteiger charge is -2.20. The molecule has 6 heteroatoms. The van der Waals surface area contributed by atoms with Crippen LogP contribution < -0.4 is 9.80 Å². The summed E-state index contributed by atoms with van der Waals surface area (Å²) in [7, 11) is 12.7. The fourth-order valence-electron chi connectivity index (χ4n) is 7.36. The summed E-state index contributed by atoms with van der Waals surface area (Å²) in [5, 5.41) is 0. The Labute approximate surface area is 308 Å². The van der Waals surface area contributed by atoms with E-state index in [1.807, 2.05) is 21.6 Å². The van der Waals surface area contributed by atoms with E-state index in [1.165, 1.54) is 56.4 Å². The Hall–Kier alpha value is -4.00. The number of benzene rings is 4. The molecule has 258 valence electrons. The molecule has 0 saturated heterocycles. The van der Waals surface area contributed by atoms with Crippen LogP contribution in [-0.4, -0.2) is 73.4 Å². The van der Waals surface area contributed by atoms with E-state index < -0.39 is 0 Å². The minimum Gasteiger partial charge on any atom is -0.374 e. The molecule has 0 amide bonds. The fraction of sp³-hybridized carbons (Fsp3) is 0.318. The quantitative estimate of drug-likeness (QED) is 0.0782. The van der Waals surface area contributed by atoms with E-state index in [1.54, 1.807) is 0 Å². The molecule has 0 spiro atoms. The van der Waals surface area contributed by atoms with Gasteiger partial charge >= 0.3 is 0 Å². The summed E-state index contributed by atoms with van der Waals surface area (Å²) in [6, 6.07) is 35.3. The molecule has 0 unspecified atom stereocenters. The van der Waals surface area contributed by atoms with E-state index >= 15 is 0 Å². The van der Waals surface area contributed by atoms with Gasteiger partial charge in [0.05, 0.1) is 10.8 Å². The van der Waals surface area contributed by atoms with Crippen molar-refractivity contribution in [2.45, 2.75) is 38.5 Å². The second-order valence-electron chi connectivity index (χ2n) is 14.5. The molecule has 4 aromatic rings. The minimum atomic E-state index is -0.00514. The van der Waals surface area contributed by atoms with Crippen molar-refractivity contribution < 1.29 is 9.15 Å². The smallest absolute Gasteiger partial charge is 0.209 e. The van der Waals surface area contributed by atoms with Crippen LogP contribution in [0.2, 0.25) is 0 Å². The van der Waals surface area contributed by atoms with Gasteiger partial charge < -0.3 is 9.80 Å². The van der Waals surface area contributed by atoms with Gasteiger partial charge in [-0.15, -0.1) is 0 Å². The lowest BCUT2D eigenvalue weighted by Crippen LogP contribution is -2.26. The number of nitrogens with zero attached hydrogens (tertiary/aromatic N) is 4. The van der Waals surface area contributed by atoms with E-state index in [4.69, 9.17) is 0 Å². The highest BCUT2D eigenvalue weighted by Crippen LogP contribution is 2.40. The van der Waals surface area contributed by atoms with Crippen molar-refractivity contribution in [2.75, 3.05) is 62.6 Å². The second-order valence-corrected chi connectivity index (χ2v) is 17.2. The van der Waals surface area contributed by atoms with Crippen LogP contribution in [0.1, 0.15) is 49.9 Å². The van der Waals surface area contributed by atoms with Crippen molar-refractivity contribution in [3.63, 3.8) is 0 Å². The van der Waals surface area contributed by atoms with E-state index in [9.17, 15) is 0 Å². The topological polar surface area (TPSA) is 12.5 Å². The van der Waals surface area contributed by atoms with Crippen LogP contribution >= 0.6 is 21.6 Å². The van der Waals surface area contributed by atoms with Gasteiger partial charge in [0.2, 0.25) is 11.4 Å². The molecular weight excluding hydrogens is 649 g/mol. The molecule has 0 radical (unpaired) electrons. The van der Waals surface area contributed by atoms with Gasteiger partial charge in [0, 0.05) is 85.5 Å². The van der Waals surface area contributed by atoms with Gasteiger partial charge in [-0.05, 0) is 75.2 Å². The highest BCUT2D eigenvalue weighted by molar-refractivity contribution is 8.76. The molecule has 0 aliphatic carbocycles. The summed E-state index contributed by atoms with van der Waals surface area (Å²) in [6.07, 6.45) is 9.06. The molecule has 0 bridgehead atoms. The standard InChI is InChI=1S/C44H52N4S2/c1-43(2)37-13-9-11-15-39(37)47(7)41(43)27-21-33-17-23-35(24-18-33)45(5)29-31-49-50-32-30-46(6)36-25-19-34(20-26-36)22-28-42-44(3,4)38-14-10-12-16-40(38)48(42)8/h9-28H,29-32H2,1-8H3/q+2. The van der Waals surface area contributed by atoms with Crippen molar-refractivity contribution >= 4 is 67.9 Å². The zero-order valence-electron chi connectivity index (χ0n) is 31.0. The summed E-state index contributed by atoms with van der Waals surface area (Å²) in [4.78, 5) is 4.71. The summed E-state index contributed by atoms with van der Waals surface area (Å²) in [5.41, 5.74) is 13.0. The van der Waals surface area contributed by atoms with Crippen LogP contribution in [0.4, 0.5) is 22.7 Å². The Morgan fingerprint density at radius 3 is 1.24 bits per heavy atom. The van der Waals surface area contributed by atoms with Crippen LogP contribution in [-0.2, 0) is 10.8 Å². The predicted octanol–water partition coefficient (Wildman–Crippen LogP) is 10.1. The minimum absolute atomic E-state index is 0.00514. The van der Waals surface area contributed by atoms with Gasteiger partial charge in [0.1, 0.15) is 14.1 Å². The molecule has 0 N–H and O–H groups in total. The van der Waals surface area contributed by atoms with Crippen molar-refractivity contribution in [2.24, 2.45) is 0 Å². The second kappa shape index (κ2) is 15.1. The number of hydrogen-bond donors (Lipinski definition) is 0. The third-order valence-electron chi connectivity index (χ3n) is 10.5. The Kier molecular flexibility index (Phi) is 10.8. The molecule has 2 aliphatic rings. The summed E-state index contributed by atoms with van der Waals surface area (Å²) in [6.45, 7) is 11.3. The van der Waals surface area contributed by atoms with E-state index in [-0.39, 0.29) is 10.8 Å². The van der Waals surface area contributed by atoms with Gasteiger partial charge in [-0.1, -0.05) is 82.3 Å². The Balaban J connectivity index is 0.914. The molecule has 2 heterocycles. The largest absolute Gasteiger partial charge is 0.374 e. The number of para-hydroxylation sites is 2. The van der Waals surface area contributed by atoms with Crippen LogP contribution in [0.25, 0.3) is 12.2 Å². The molecule has 0 fully saturated rings. The van der Waals surface area contributed by atoms with E-state index in [2.05, 4.69) is 196 Å². The first-order chi connectivity index (χ1) is 24.0. The first kappa shape index (κ1) is 35.8. The fourth-order valence-corrected chi connectivity index (χ4v) is 9.44. The van der Waals surface area contributed by atoms with Crippen molar-refractivity contribution in [3.05, 3.63) is 131 Å². The Morgan fingerprint density at radius 1 is 0.520 bits per heavy atom. The number of rotatable bonds is 13. The third kappa shape index (κ3) is 7.38. The third-order valence-corrected chi connectivity index (χ3v) is 12.9. The van der Waals surface area contributed by atoms with Gasteiger partial charge in [-0.25, -0.2) is 0 Å². The normalized spacial score (nSPS) is 16.1. The lowest BCUT2D eigenvalue weighted by atomic mass is 9.81. The molecule has 0 atom stereocenters. The maximum absolute atomic E-state index is 2.35. The number of fused-ring (bicyclic) bond motifs is 2. The average molecular weight is 701 g/mol. The lowest BCUT2D eigenvalue weighted by molar-refractivity contribution is -0.401. The monoisotopic (exact) mass is 700 g/mol. The van der Waals surface area contributed by atoms with E-state index in [0.717, 1.165) is 24.6 Å². The van der Waals surface area contributed by atoms with E-state index in [0.29, 0.717) is 0 Å². The molecular formula is C44H52N4S2+2. The van der Waals surface area contributed by atoms with Gasteiger partial charge in [-0.3, -0.25) is 0 Å². The highest BCUT2D eigenvalue weighted by Gasteiger charge is 2.43. The van der Waals surface area contributed by atoms with Gasteiger partial charge in [-0.2, -0.15) is 9.15 Å². The van der Waals surface area contributed by atoms with Crippen molar-refractivity contribution in [3.8, 4) is 0 Å². The van der Waals surface area contributed by atoms with Gasteiger partial charge in [0.25, 0.3) is 0 Å². The Morgan fingerprint density at radius 2 is 0.880 bits per heavy atom. The van der Waals surface area contributed by atoms with Crippen LogP contribution in [0.5, 0.6) is 0 Å². The highest BCUT2D eigenvalue weighted by atomic mass is 33.1. The zero-order chi connectivity index (χ0) is 35.5. The number of anilines is 2. The molecule has 50 heavy (non-hydrogen) atoms. The molecule has 0 aromatic heterocycles. The number of allylic oxidation sites excluding steroid dienone is 2. The molecule has 2 aliphatic heterocycles. The predicted molar refractivity (Wildman–Crippen MR) is 223 cm³/mol. The summed E-state index contributed by atoms with van der Waals surface area (Å²) >= 11 is 0. The molecule has 4 nitrogen and oxygen atoms in total. The summed E-state index contributed by atoms with van der Waals surface area (Å²) < 4.78 is 4.65. The maximum Gasteiger partial charge on any atom is 0.209 e. The first-order valence-electron chi connectivity index (χ1n) is 17.6. The van der Waals surface area contributed by atoms with Crippen molar-refractivity contribution in [1.29, 1.82) is 0 Å². The average Bonchev–Trinajstić information content (AvgIpc) is 3.44. The van der Waals surface area contributed by atoms with Crippen LogP contribution in [0.15, 0.2) is 109 Å². The molecule has 0 saturated carbocycles. The maximum atomic E-state index is 2.35. The van der Waals surface area contributed by atoms with Crippen LogP contribution in [0, 0.1) is 0 Å². The zero-order valence-corrected chi connectivity index (χ0v) is 32.6. The SMILES string of the molecule is CN(CCSSCCN(C)c1ccc(/C=C/C2=[N+](C)c3ccccc3C2(C)C)cc1)c1ccc(/C=C/C2=[N+](C)c3ccccc3C2(C)C)cc1. The molecule has 6 rings (SSSR count). The first-order valence-corrected chi connectivity index (χ1v) is 20.1. The Bertz CT molecular complexity index is 1810. The van der Waals surface area contributed by atoms with Crippen LogP contribution in [0.3, 0.4) is 0 Å². The molecule has 4 aromatic carbocycles. The van der Waals surface area contributed by atoms with Crippen molar-refractivity contribution in [1.82, 2.24) is 0 Å². The van der Waals surface area contributed by atoms with Gasteiger partial charge in [0.15, 0.2) is 11.4 Å². The number of hydrogen-bond acceptors (Lipinski definition) is 4.